The zero-order chi connectivity index (χ0) is 14.1. The van der Waals surface area contributed by atoms with Crippen LogP contribution in [-0.4, -0.2) is 21.4 Å². The summed E-state index contributed by atoms with van der Waals surface area (Å²) in [4.78, 5) is 14.7. The SMILES string of the molecule is COc1ccn2cc(-c3ccc([N+](=O)[O-])cc3)nc2c1. The molecule has 0 saturated carbocycles. The first-order valence-electron chi connectivity index (χ1n) is 5.95. The molecule has 20 heavy (non-hydrogen) atoms. The van der Waals surface area contributed by atoms with Crippen molar-refractivity contribution in [3.8, 4) is 17.0 Å². The van der Waals surface area contributed by atoms with E-state index in [1.54, 1.807) is 19.2 Å². The summed E-state index contributed by atoms with van der Waals surface area (Å²) in [5.41, 5.74) is 2.42. The Bertz CT molecular complexity index is 778. The minimum Gasteiger partial charge on any atom is -0.497 e. The zero-order valence-corrected chi connectivity index (χ0v) is 10.7. The number of ether oxygens (including phenoxy) is 1. The van der Waals surface area contributed by atoms with E-state index in [4.69, 9.17) is 4.74 Å². The lowest BCUT2D eigenvalue weighted by Gasteiger charge is -1.98. The van der Waals surface area contributed by atoms with Crippen LogP contribution < -0.4 is 4.74 Å². The minimum absolute atomic E-state index is 0.0687. The number of pyridine rings is 1. The Kier molecular flexibility index (Phi) is 2.83. The maximum atomic E-state index is 10.6. The molecule has 0 unspecified atom stereocenters. The Morgan fingerprint density at radius 1 is 1.25 bits per heavy atom. The molecule has 0 aliphatic carbocycles. The van der Waals surface area contributed by atoms with Gasteiger partial charge in [0, 0.05) is 36.2 Å². The van der Waals surface area contributed by atoms with E-state index in [2.05, 4.69) is 4.98 Å². The fourth-order valence-electron chi connectivity index (χ4n) is 1.98. The standard InChI is InChI=1S/C14H11N3O3/c1-20-12-6-7-16-9-13(15-14(16)8-12)10-2-4-11(5-3-10)17(18)19/h2-9H,1H3. The molecule has 1 aromatic carbocycles. The topological polar surface area (TPSA) is 69.7 Å². The summed E-state index contributed by atoms with van der Waals surface area (Å²) < 4.78 is 7.03. The molecular formula is C14H11N3O3. The van der Waals surface area contributed by atoms with E-state index in [1.165, 1.54) is 12.1 Å². The lowest BCUT2D eigenvalue weighted by atomic mass is 10.1. The normalized spacial score (nSPS) is 10.7. The van der Waals surface area contributed by atoms with Gasteiger partial charge in [-0.15, -0.1) is 0 Å². The fourth-order valence-corrected chi connectivity index (χ4v) is 1.98. The third-order valence-corrected chi connectivity index (χ3v) is 3.04. The van der Waals surface area contributed by atoms with Crippen LogP contribution >= 0.6 is 0 Å². The van der Waals surface area contributed by atoms with Crippen molar-refractivity contribution in [3.63, 3.8) is 0 Å². The molecule has 0 bridgehead atoms. The molecule has 0 aliphatic heterocycles. The average molecular weight is 269 g/mol. The lowest BCUT2D eigenvalue weighted by molar-refractivity contribution is -0.384. The van der Waals surface area contributed by atoms with Crippen LogP contribution in [0.4, 0.5) is 5.69 Å². The fraction of sp³-hybridized carbons (Fsp3) is 0.0714. The number of nitro groups is 1. The van der Waals surface area contributed by atoms with Gasteiger partial charge in [0.15, 0.2) is 0 Å². The van der Waals surface area contributed by atoms with Crippen LogP contribution in [-0.2, 0) is 0 Å². The number of hydrogen-bond donors (Lipinski definition) is 0. The molecule has 0 N–H and O–H groups in total. The van der Waals surface area contributed by atoms with Crippen LogP contribution in [0.3, 0.4) is 0 Å². The molecule has 2 heterocycles. The predicted octanol–water partition coefficient (Wildman–Crippen LogP) is 2.92. The van der Waals surface area contributed by atoms with Gasteiger partial charge in [-0.2, -0.15) is 0 Å². The van der Waals surface area contributed by atoms with Crippen LogP contribution in [0.1, 0.15) is 0 Å². The molecule has 3 rings (SSSR count). The Morgan fingerprint density at radius 2 is 2.00 bits per heavy atom. The Balaban J connectivity index is 2.03. The van der Waals surface area contributed by atoms with Crippen molar-refractivity contribution in [1.29, 1.82) is 0 Å². The van der Waals surface area contributed by atoms with Gasteiger partial charge >= 0.3 is 0 Å². The van der Waals surface area contributed by atoms with Gasteiger partial charge in [0.05, 0.1) is 17.7 Å². The van der Waals surface area contributed by atoms with Gasteiger partial charge in [-0.1, -0.05) is 0 Å². The maximum absolute atomic E-state index is 10.6. The first-order chi connectivity index (χ1) is 9.67. The van der Waals surface area contributed by atoms with Crippen molar-refractivity contribution >= 4 is 11.3 Å². The third-order valence-electron chi connectivity index (χ3n) is 3.04. The molecule has 2 aromatic heterocycles. The molecule has 100 valence electrons. The number of methoxy groups -OCH3 is 1. The van der Waals surface area contributed by atoms with Crippen LogP contribution in [0, 0.1) is 10.1 Å². The van der Waals surface area contributed by atoms with Crippen LogP contribution in [0.5, 0.6) is 5.75 Å². The molecule has 0 fully saturated rings. The van der Waals surface area contributed by atoms with Crippen molar-refractivity contribution in [2.45, 2.75) is 0 Å². The molecule has 0 amide bonds. The van der Waals surface area contributed by atoms with E-state index in [-0.39, 0.29) is 5.69 Å². The van der Waals surface area contributed by atoms with Gasteiger partial charge in [-0.05, 0) is 18.2 Å². The first-order valence-corrected chi connectivity index (χ1v) is 5.95. The van der Waals surface area contributed by atoms with E-state index in [9.17, 15) is 10.1 Å². The molecule has 6 heteroatoms. The maximum Gasteiger partial charge on any atom is 0.269 e. The van der Waals surface area contributed by atoms with Gasteiger partial charge in [0.1, 0.15) is 11.4 Å². The number of aromatic nitrogens is 2. The van der Waals surface area contributed by atoms with Gasteiger partial charge in [-0.25, -0.2) is 4.98 Å². The first kappa shape index (κ1) is 12.2. The smallest absolute Gasteiger partial charge is 0.269 e. The number of nitrogens with zero attached hydrogens (tertiary/aromatic N) is 3. The summed E-state index contributed by atoms with van der Waals surface area (Å²) in [6.45, 7) is 0. The molecule has 6 nitrogen and oxygen atoms in total. The van der Waals surface area contributed by atoms with Crippen molar-refractivity contribution in [1.82, 2.24) is 9.38 Å². The highest BCUT2D eigenvalue weighted by atomic mass is 16.6. The monoisotopic (exact) mass is 269 g/mol. The number of benzene rings is 1. The summed E-state index contributed by atoms with van der Waals surface area (Å²) in [6.07, 6.45) is 3.73. The number of non-ortho nitro benzene ring substituents is 1. The summed E-state index contributed by atoms with van der Waals surface area (Å²) >= 11 is 0. The summed E-state index contributed by atoms with van der Waals surface area (Å²) in [5, 5.41) is 10.6. The van der Waals surface area contributed by atoms with Gasteiger partial charge in [0.2, 0.25) is 0 Å². The second kappa shape index (κ2) is 4.65. The number of imidazole rings is 1. The number of fused-ring (bicyclic) bond motifs is 1. The van der Waals surface area contributed by atoms with Crippen LogP contribution in [0.2, 0.25) is 0 Å². The van der Waals surface area contributed by atoms with Gasteiger partial charge in [0.25, 0.3) is 5.69 Å². The zero-order valence-electron chi connectivity index (χ0n) is 10.7. The molecule has 0 radical (unpaired) electrons. The molecule has 0 saturated heterocycles. The Morgan fingerprint density at radius 3 is 2.65 bits per heavy atom. The second-order valence-corrected chi connectivity index (χ2v) is 4.26. The summed E-state index contributed by atoms with van der Waals surface area (Å²) in [7, 11) is 1.60. The van der Waals surface area contributed by atoms with Crippen molar-refractivity contribution in [3.05, 3.63) is 58.9 Å². The predicted molar refractivity (Wildman–Crippen MR) is 73.8 cm³/mol. The number of rotatable bonds is 3. The molecular weight excluding hydrogens is 258 g/mol. The van der Waals surface area contributed by atoms with Crippen molar-refractivity contribution in [2.75, 3.05) is 7.11 Å². The van der Waals surface area contributed by atoms with Crippen molar-refractivity contribution in [2.24, 2.45) is 0 Å². The van der Waals surface area contributed by atoms with Crippen LogP contribution in [0.25, 0.3) is 16.9 Å². The van der Waals surface area contributed by atoms with E-state index in [1.807, 2.05) is 28.9 Å². The minimum atomic E-state index is -0.418. The largest absolute Gasteiger partial charge is 0.497 e. The van der Waals surface area contributed by atoms with E-state index >= 15 is 0 Å². The lowest BCUT2D eigenvalue weighted by Crippen LogP contribution is -1.87. The molecule has 0 spiro atoms. The molecule has 3 aromatic rings. The average Bonchev–Trinajstić information content (AvgIpc) is 2.90. The van der Waals surface area contributed by atoms with Gasteiger partial charge in [-0.3, -0.25) is 10.1 Å². The highest BCUT2D eigenvalue weighted by Gasteiger charge is 2.08. The Labute approximate surface area is 114 Å². The summed E-state index contributed by atoms with van der Waals surface area (Å²) in [5.74, 6) is 0.735. The van der Waals surface area contributed by atoms with E-state index in [0.717, 1.165) is 22.7 Å². The Hall–Kier alpha value is -2.89. The van der Waals surface area contributed by atoms with E-state index in [0.29, 0.717) is 0 Å². The summed E-state index contributed by atoms with van der Waals surface area (Å²) in [6, 6.07) is 10.00. The highest BCUT2D eigenvalue weighted by Crippen LogP contribution is 2.23. The second-order valence-electron chi connectivity index (χ2n) is 4.26. The van der Waals surface area contributed by atoms with E-state index < -0.39 is 4.92 Å². The van der Waals surface area contributed by atoms with Crippen molar-refractivity contribution < 1.29 is 9.66 Å². The number of nitro benzene ring substituents is 1. The molecule has 0 atom stereocenters. The highest BCUT2D eigenvalue weighted by molar-refractivity contribution is 5.64. The molecule has 0 aliphatic rings. The van der Waals surface area contributed by atoms with Gasteiger partial charge < -0.3 is 9.14 Å². The van der Waals surface area contributed by atoms with Crippen LogP contribution in [0.15, 0.2) is 48.8 Å². The third kappa shape index (κ3) is 2.07. The number of hydrogen-bond acceptors (Lipinski definition) is 4. The quantitative estimate of drug-likeness (QED) is 0.541.